The zero-order valence-corrected chi connectivity index (χ0v) is 22.1. The second-order valence-corrected chi connectivity index (χ2v) is 8.50. The number of unbranched alkanes of at least 4 members (excludes halogenated alkanes) is 7. The lowest BCUT2D eigenvalue weighted by Crippen LogP contribution is -2.14. The largest absolute Gasteiger partial charge is 0.491 e. The van der Waals surface area contributed by atoms with Gasteiger partial charge in [0.1, 0.15) is 12.4 Å². The molecule has 0 amide bonds. The van der Waals surface area contributed by atoms with Gasteiger partial charge in [-0.15, -0.1) is 0 Å². The Morgan fingerprint density at radius 2 is 0.943 bits per heavy atom. The summed E-state index contributed by atoms with van der Waals surface area (Å²) in [4.78, 5) is 0. The van der Waals surface area contributed by atoms with Gasteiger partial charge < -0.3 is 33.5 Å². The fraction of sp³-hybridized carbons (Fsp3) is 0.786. The lowest BCUT2D eigenvalue weighted by molar-refractivity contribution is -0.0146. The predicted molar refractivity (Wildman–Crippen MR) is 139 cm³/mol. The Hall–Kier alpha value is -1.22. The van der Waals surface area contributed by atoms with E-state index in [0.717, 1.165) is 12.2 Å². The van der Waals surface area contributed by atoms with Crippen molar-refractivity contribution in [3.8, 4) is 5.75 Å². The van der Waals surface area contributed by atoms with E-state index in [4.69, 9.17) is 33.5 Å². The summed E-state index contributed by atoms with van der Waals surface area (Å²) in [6, 6.07) is 8.46. The van der Waals surface area contributed by atoms with Crippen molar-refractivity contribution >= 4 is 0 Å². The van der Waals surface area contributed by atoms with Crippen LogP contribution in [-0.4, -0.2) is 84.4 Å². The third-order valence-electron chi connectivity index (χ3n) is 5.46. The number of aliphatic hydroxyl groups is 1. The highest BCUT2D eigenvalue weighted by Gasteiger charge is 1.98. The first-order valence-electron chi connectivity index (χ1n) is 13.6. The molecule has 0 unspecified atom stereocenters. The Morgan fingerprint density at radius 1 is 0.514 bits per heavy atom. The van der Waals surface area contributed by atoms with Crippen LogP contribution in [0.3, 0.4) is 0 Å². The van der Waals surface area contributed by atoms with Gasteiger partial charge in [0.15, 0.2) is 0 Å². The van der Waals surface area contributed by atoms with Gasteiger partial charge in [0.05, 0.1) is 72.7 Å². The van der Waals surface area contributed by atoms with Crippen molar-refractivity contribution in [1.29, 1.82) is 0 Å². The SMILES string of the molecule is CCCCCCCCCCc1ccc(OCCOCCOCCOCCOCCOCCO)cc1. The molecule has 0 radical (unpaired) electrons. The highest BCUT2D eigenvalue weighted by molar-refractivity contribution is 5.27. The van der Waals surface area contributed by atoms with E-state index in [-0.39, 0.29) is 6.61 Å². The maximum absolute atomic E-state index is 8.57. The zero-order valence-electron chi connectivity index (χ0n) is 22.1. The molecule has 0 aliphatic heterocycles. The molecule has 0 saturated heterocycles. The van der Waals surface area contributed by atoms with Gasteiger partial charge in [0.2, 0.25) is 0 Å². The third kappa shape index (κ3) is 21.8. The second kappa shape index (κ2) is 25.9. The van der Waals surface area contributed by atoms with Gasteiger partial charge in [-0.05, 0) is 30.5 Å². The lowest BCUT2D eigenvalue weighted by atomic mass is 10.0. The molecule has 0 heterocycles. The maximum atomic E-state index is 8.57. The Bertz CT molecular complexity index is 539. The molecule has 1 rings (SSSR count). The topological polar surface area (TPSA) is 75.6 Å². The fourth-order valence-electron chi connectivity index (χ4n) is 3.48. The third-order valence-corrected chi connectivity index (χ3v) is 5.46. The minimum Gasteiger partial charge on any atom is -0.491 e. The number of hydrogen-bond acceptors (Lipinski definition) is 7. The Labute approximate surface area is 213 Å². The fourth-order valence-corrected chi connectivity index (χ4v) is 3.48. The molecule has 204 valence electrons. The van der Waals surface area contributed by atoms with E-state index in [0.29, 0.717) is 72.7 Å². The number of aryl methyl sites for hydroxylation is 1. The van der Waals surface area contributed by atoms with E-state index in [1.54, 1.807) is 0 Å². The molecule has 35 heavy (non-hydrogen) atoms. The van der Waals surface area contributed by atoms with Crippen molar-refractivity contribution in [3.05, 3.63) is 29.8 Å². The van der Waals surface area contributed by atoms with Gasteiger partial charge in [0.25, 0.3) is 0 Å². The molecule has 0 aromatic heterocycles. The zero-order chi connectivity index (χ0) is 25.1. The monoisotopic (exact) mass is 498 g/mol. The van der Waals surface area contributed by atoms with E-state index in [1.165, 1.54) is 56.9 Å². The van der Waals surface area contributed by atoms with Crippen LogP contribution in [0, 0.1) is 0 Å². The van der Waals surface area contributed by atoms with Crippen molar-refractivity contribution in [3.63, 3.8) is 0 Å². The Balaban J connectivity index is 1.83. The van der Waals surface area contributed by atoms with E-state index in [9.17, 15) is 0 Å². The van der Waals surface area contributed by atoms with E-state index in [2.05, 4.69) is 31.2 Å². The molecule has 1 aromatic rings. The second-order valence-electron chi connectivity index (χ2n) is 8.50. The summed E-state index contributed by atoms with van der Waals surface area (Å²) in [5.74, 6) is 0.892. The van der Waals surface area contributed by atoms with Crippen LogP contribution in [0.4, 0.5) is 0 Å². The smallest absolute Gasteiger partial charge is 0.119 e. The van der Waals surface area contributed by atoms with Gasteiger partial charge >= 0.3 is 0 Å². The molecule has 0 spiro atoms. The van der Waals surface area contributed by atoms with Crippen LogP contribution in [0.15, 0.2) is 24.3 Å². The van der Waals surface area contributed by atoms with Gasteiger partial charge in [-0.3, -0.25) is 0 Å². The number of aliphatic hydroxyl groups excluding tert-OH is 1. The average Bonchev–Trinajstić information content (AvgIpc) is 2.88. The first-order chi connectivity index (χ1) is 17.4. The summed E-state index contributed by atoms with van der Waals surface area (Å²) in [6.45, 7) is 7.90. The Morgan fingerprint density at radius 3 is 1.43 bits per heavy atom. The highest BCUT2D eigenvalue weighted by atomic mass is 16.6. The minimum absolute atomic E-state index is 0.0375. The number of benzene rings is 1. The van der Waals surface area contributed by atoms with Crippen LogP contribution in [0.2, 0.25) is 0 Å². The average molecular weight is 499 g/mol. The van der Waals surface area contributed by atoms with Crippen molar-refractivity contribution < 1.29 is 33.5 Å². The molecule has 1 aromatic carbocycles. The van der Waals surface area contributed by atoms with Gasteiger partial charge in [0, 0.05) is 0 Å². The summed E-state index contributed by atoms with van der Waals surface area (Å²) in [5, 5.41) is 8.57. The van der Waals surface area contributed by atoms with Crippen LogP contribution in [0.5, 0.6) is 5.75 Å². The van der Waals surface area contributed by atoms with Crippen molar-refractivity contribution in [2.75, 3.05) is 79.3 Å². The van der Waals surface area contributed by atoms with Crippen LogP contribution < -0.4 is 4.74 Å². The number of hydrogen-bond donors (Lipinski definition) is 1. The van der Waals surface area contributed by atoms with E-state index >= 15 is 0 Å². The van der Waals surface area contributed by atoms with E-state index in [1.807, 2.05) is 0 Å². The van der Waals surface area contributed by atoms with Crippen molar-refractivity contribution in [1.82, 2.24) is 0 Å². The summed E-state index contributed by atoms with van der Waals surface area (Å²) >= 11 is 0. The van der Waals surface area contributed by atoms with Gasteiger partial charge in [-0.2, -0.15) is 0 Å². The molecule has 0 bridgehead atoms. The lowest BCUT2D eigenvalue weighted by Gasteiger charge is -2.09. The molecule has 0 atom stereocenters. The minimum atomic E-state index is 0.0375. The van der Waals surface area contributed by atoms with Crippen LogP contribution in [-0.2, 0) is 30.1 Å². The van der Waals surface area contributed by atoms with Gasteiger partial charge in [-0.25, -0.2) is 0 Å². The standard InChI is InChI=1S/C28H50O7/c1-2-3-4-5-6-7-8-9-10-27-11-13-28(14-12-27)35-26-25-34-24-23-33-22-21-32-20-19-31-18-17-30-16-15-29/h11-14,29H,2-10,15-26H2,1H3. The van der Waals surface area contributed by atoms with Crippen molar-refractivity contribution in [2.24, 2.45) is 0 Å². The quantitative estimate of drug-likeness (QED) is 0.174. The highest BCUT2D eigenvalue weighted by Crippen LogP contribution is 2.15. The molecule has 0 aliphatic rings. The van der Waals surface area contributed by atoms with Crippen LogP contribution >= 0.6 is 0 Å². The Kier molecular flexibility index (Phi) is 23.5. The summed E-state index contributed by atoms with van der Waals surface area (Å²) in [6.07, 6.45) is 12.0. The first kappa shape index (κ1) is 31.8. The van der Waals surface area contributed by atoms with Crippen LogP contribution in [0.25, 0.3) is 0 Å². The summed E-state index contributed by atoms with van der Waals surface area (Å²) in [7, 11) is 0. The summed E-state index contributed by atoms with van der Waals surface area (Å²) in [5.41, 5.74) is 1.39. The molecule has 0 saturated carbocycles. The first-order valence-corrected chi connectivity index (χ1v) is 13.6. The molecule has 0 aliphatic carbocycles. The molecule has 0 fully saturated rings. The number of ether oxygens (including phenoxy) is 6. The molecular formula is C28H50O7. The predicted octanol–water partition coefficient (Wildman–Crippen LogP) is 4.82. The summed E-state index contributed by atoms with van der Waals surface area (Å²) < 4.78 is 32.6. The molecule has 1 N–H and O–H groups in total. The molecular weight excluding hydrogens is 448 g/mol. The van der Waals surface area contributed by atoms with Crippen molar-refractivity contribution in [2.45, 2.75) is 64.7 Å². The number of rotatable bonds is 27. The maximum Gasteiger partial charge on any atom is 0.119 e. The molecule has 7 heteroatoms. The molecule has 7 nitrogen and oxygen atoms in total. The van der Waals surface area contributed by atoms with Crippen LogP contribution in [0.1, 0.15) is 63.9 Å². The normalized spacial score (nSPS) is 11.3. The van der Waals surface area contributed by atoms with Gasteiger partial charge in [-0.1, -0.05) is 64.0 Å². The van der Waals surface area contributed by atoms with E-state index < -0.39 is 0 Å².